The van der Waals surface area contributed by atoms with Crippen molar-refractivity contribution >= 4 is 28.9 Å². The van der Waals surface area contributed by atoms with Gasteiger partial charge in [-0.25, -0.2) is 4.99 Å². The summed E-state index contributed by atoms with van der Waals surface area (Å²) in [5, 5.41) is 12.9. The van der Waals surface area contributed by atoms with E-state index in [-0.39, 0.29) is 0 Å². The number of anilines is 1. The molecule has 1 unspecified atom stereocenters. The van der Waals surface area contributed by atoms with Gasteiger partial charge in [0.2, 0.25) is 0 Å². The molecule has 1 aliphatic heterocycles. The van der Waals surface area contributed by atoms with Crippen LogP contribution in [0, 0.1) is 5.92 Å². The third-order valence-electron chi connectivity index (χ3n) is 7.99. The van der Waals surface area contributed by atoms with Crippen LogP contribution in [0.3, 0.4) is 0 Å². The number of nitrogens with zero attached hydrogens (tertiary/aromatic N) is 7. The zero-order chi connectivity index (χ0) is 29.1. The summed E-state index contributed by atoms with van der Waals surface area (Å²) in [5.74, 6) is 1.43. The first-order valence-electron chi connectivity index (χ1n) is 14.7. The van der Waals surface area contributed by atoms with E-state index in [1.165, 1.54) is 22.3 Å². The Hall–Kier alpha value is -4.07. The molecule has 0 bridgehead atoms. The maximum atomic E-state index is 4.97. The second kappa shape index (κ2) is 12.2. The Kier molecular flexibility index (Phi) is 8.47. The number of aryl methyl sites for hydroxylation is 2. The highest BCUT2D eigenvalue weighted by Gasteiger charge is 2.29. The Morgan fingerprint density at radius 3 is 2.63 bits per heavy atom. The lowest BCUT2D eigenvalue weighted by molar-refractivity contribution is 0.532. The van der Waals surface area contributed by atoms with Gasteiger partial charge in [-0.2, -0.15) is 10.2 Å². The lowest BCUT2D eigenvalue weighted by atomic mass is 9.81. The number of amidine groups is 1. The SMILES string of the molecule is CCC(C)/C=C(\C=NC)c1ccc(-c2c3c(nn2C)CC/C2=C/N=C(Nc4cnn(C(C)C)c4)CCC(C)=C23)cn1. The number of nitrogens with one attached hydrogen (secondary N) is 1. The van der Waals surface area contributed by atoms with Crippen LogP contribution in [0.2, 0.25) is 0 Å². The molecule has 0 amide bonds. The summed E-state index contributed by atoms with van der Waals surface area (Å²) >= 11 is 0. The third-order valence-corrected chi connectivity index (χ3v) is 7.99. The molecule has 1 aliphatic carbocycles. The average molecular weight is 551 g/mol. The van der Waals surface area contributed by atoms with Crippen molar-refractivity contribution < 1.29 is 0 Å². The highest BCUT2D eigenvalue weighted by molar-refractivity contribution is 6.09. The zero-order valence-electron chi connectivity index (χ0n) is 25.4. The average Bonchev–Trinajstić information content (AvgIpc) is 3.56. The fourth-order valence-electron chi connectivity index (χ4n) is 5.56. The minimum Gasteiger partial charge on any atom is -0.341 e. The smallest absolute Gasteiger partial charge is 0.106 e. The molecule has 41 heavy (non-hydrogen) atoms. The van der Waals surface area contributed by atoms with Crippen LogP contribution in [0.25, 0.3) is 22.4 Å². The van der Waals surface area contributed by atoms with E-state index in [4.69, 9.17) is 15.1 Å². The van der Waals surface area contributed by atoms with Gasteiger partial charge in [0, 0.05) is 68.1 Å². The number of aliphatic imine (C=N–C) groups is 2. The lowest BCUT2D eigenvalue weighted by Gasteiger charge is -2.24. The Bertz CT molecular complexity index is 1560. The molecule has 4 heterocycles. The number of allylic oxidation sites excluding steroid dienone is 5. The molecule has 0 radical (unpaired) electrons. The molecule has 3 aromatic heterocycles. The van der Waals surface area contributed by atoms with Gasteiger partial charge in [0.15, 0.2) is 0 Å². The van der Waals surface area contributed by atoms with Crippen molar-refractivity contribution in [2.24, 2.45) is 23.0 Å². The van der Waals surface area contributed by atoms with Crippen LogP contribution >= 0.6 is 0 Å². The Labute approximate surface area is 243 Å². The number of aromatic nitrogens is 5. The van der Waals surface area contributed by atoms with E-state index >= 15 is 0 Å². The Morgan fingerprint density at radius 2 is 1.95 bits per heavy atom. The Morgan fingerprint density at radius 1 is 1.12 bits per heavy atom. The molecule has 0 fully saturated rings. The number of fused-ring (bicyclic) bond motifs is 3. The van der Waals surface area contributed by atoms with Gasteiger partial charge in [0.05, 0.1) is 29.0 Å². The predicted molar refractivity (Wildman–Crippen MR) is 170 cm³/mol. The largest absolute Gasteiger partial charge is 0.341 e. The number of hydrogen-bond acceptors (Lipinski definition) is 6. The quantitative estimate of drug-likeness (QED) is 0.313. The molecular weight excluding hydrogens is 508 g/mol. The van der Waals surface area contributed by atoms with Crippen molar-refractivity contribution in [2.45, 2.75) is 72.8 Å². The summed E-state index contributed by atoms with van der Waals surface area (Å²) in [4.78, 5) is 14.1. The van der Waals surface area contributed by atoms with Crippen LogP contribution in [0.15, 0.2) is 64.1 Å². The highest BCUT2D eigenvalue weighted by Crippen LogP contribution is 2.43. The van der Waals surface area contributed by atoms with Gasteiger partial charge in [-0.05, 0) is 69.2 Å². The minimum absolute atomic E-state index is 0.324. The lowest BCUT2D eigenvalue weighted by Crippen LogP contribution is -2.14. The number of pyridine rings is 1. The van der Waals surface area contributed by atoms with E-state index < -0.39 is 0 Å². The first-order chi connectivity index (χ1) is 19.8. The van der Waals surface area contributed by atoms with Crippen molar-refractivity contribution in [1.29, 1.82) is 0 Å². The molecule has 1 atom stereocenters. The molecule has 2 aliphatic rings. The van der Waals surface area contributed by atoms with Crippen LogP contribution in [-0.4, -0.2) is 43.6 Å². The van der Waals surface area contributed by atoms with Crippen LogP contribution in [0.5, 0.6) is 0 Å². The third kappa shape index (κ3) is 6.01. The van der Waals surface area contributed by atoms with Crippen molar-refractivity contribution in [3.8, 4) is 11.3 Å². The summed E-state index contributed by atoms with van der Waals surface area (Å²) in [6.07, 6.45) is 16.8. The van der Waals surface area contributed by atoms with Crippen LogP contribution in [0.1, 0.15) is 83.3 Å². The summed E-state index contributed by atoms with van der Waals surface area (Å²) < 4.78 is 3.98. The summed E-state index contributed by atoms with van der Waals surface area (Å²) in [5.41, 5.74) is 11.5. The highest BCUT2D eigenvalue weighted by atomic mass is 15.3. The van der Waals surface area contributed by atoms with E-state index in [0.717, 1.165) is 71.8 Å². The van der Waals surface area contributed by atoms with Crippen molar-refractivity contribution in [1.82, 2.24) is 24.5 Å². The molecule has 0 saturated heterocycles. The van der Waals surface area contributed by atoms with Crippen LogP contribution in [-0.2, 0) is 13.5 Å². The molecule has 8 nitrogen and oxygen atoms in total. The molecule has 214 valence electrons. The van der Waals surface area contributed by atoms with E-state index in [1.54, 1.807) is 7.05 Å². The van der Waals surface area contributed by atoms with Gasteiger partial charge in [0.25, 0.3) is 0 Å². The van der Waals surface area contributed by atoms with Gasteiger partial charge in [-0.1, -0.05) is 31.9 Å². The van der Waals surface area contributed by atoms with E-state index in [2.05, 4.69) is 74.4 Å². The molecule has 0 aromatic carbocycles. The summed E-state index contributed by atoms with van der Waals surface area (Å²) in [6.45, 7) is 10.9. The zero-order valence-corrected chi connectivity index (χ0v) is 25.4. The summed E-state index contributed by atoms with van der Waals surface area (Å²) in [7, 11) is 3.85. The van der Waals surface area contributed by atoms with Crippen molar-refractivity contribution in [2.75, 3.05) is 12.4 Å². The Balaban J connectivity index is 1.48. The standard InChI is InChI=1S/C33H42N8/c1-8-22(4)15-26(16-34-6)28-12-11-25(18-35-28)33-32-29(39-40(33)7)13-10-24-17-36-30(14-9-23(5)31(24)32)38-27-19-37-41(20-27)21(2)3/h11-12,15-22H,8-10,13-14H2,1-7H3,(H,36,38)/b24-17-,26-15+,31-23?,34-16?. The van der Waals surface area contributed by atoms with Crippen LogP contribution < -0.4 is 5.32 Å². The molecule has 0 saturated carbocycles. The van der Waals surface area contributed by atoms with Gasteiger partial charge in [-0.3, -0.25) is 19.3 Å². The van der Waals surface area contributed by atoms with Crippen molar-refractivity contribution in [3.63, 3.8) is 0 Å². The first kappa shape index (κ1) is 28.5. The maximum absolute atomic E-state index is 4.97. The number of rotatable bonds is 7. The van der Waals surface area contributed by atoms with E-state index in [9.17, 15) is 0 Å². The molecule has 5 rings (SSSR count). The molecule has 0 spiro atoms. The van der Waals surface area contributed by atoms with Crippen molar-refractivity contribution in [3.05, 3.63) is 71.1 Å². The summed E-state index contributed by atoms with van der Waals surface area (Å²) in [6, 6.07) is 4.60. The normalized spacial score (nSPS) is 18.0. The predicted octanol–water partition coefficient (Wildman–Crippen LogP) is 7.30. The second-order valence-corrected chi connectivity index (χ2v) is 11.4. The van der Waals surface area contributed by atoms with Gasteiger partial charge >= 0.3 is 0 Å². The monoisotopic (exact) mass is 550 g/mol. The minimum atomic E-state index is 0.324. The van der Waals surface area contributed by atoms with Crippen LogP contribution in [0.4, 0.5) is 5.69 Å². The molecule has 1 N–H and O–H groups in total. The van der Waals surface area contributed by atoms with Gasteiger partial charge in [0.1, 0.15) is 5.84 Å². The first-order valence-corrected chi connectivity index (χ1v) is 14.7. The number of hydrogen-bond donors (Lipinski definition) is 1. The fourth-order valence-corrected chi connectivity index (χ4v) is 5.56. The molecule has 8 heteroatoms. The maximum Gasteiger partial charge on any atom is 0.106 e. The van der Waals surface area contributed by atoms with E-state index in [0.29, 0.717) is 12.0 Å². The molecular formula is C33H42N8. The van der Waals surface area contributed by atoms with Gasteiger partial charge in [-0.15, -0.1) is 0 Å². The van der Waals surface area contributed by atoms with Gasteiger partial charge < -0.3 is 5.32 Å². The second-order valence-electron chi connectivity index (χ2n) is 11.4. The molecule has 3 aromatic rings. The van der Waals surface area contributed by atoms with E-state index in [1.807, 2.05) is 41.2 Å². The fraction of sp³-hybridized carbons (Fsp3) is 0.424. The topological polar surface area (TPSA) is 85.3 Å².